The fourth-order valence-electron chi connectivity index (χ4n) is 5.26. The smallest absolute Gasteiger partial charge is 0.261 e. The molecule has 6 nitrogen and oxygen atoms in total. The predicted octanol–water partition coefficient (Wildman–Crippen LogP) is 4.86. The van der Waals surface area contributed by atoms with Gasteiger partial charge in [0.25, 0.3) is 5.91 Å². The molecule has 0 bridgehead atoms. The van der Waals surface area contributed by atoms with Gasteiger partial charge < -0.3 is 10.6 Å². The van der Waals surface area contributed by atoms with Crippen molar-refractivity contribution in [3.8, 4) is 11.1 Å². The number of nitrogens with two attached hydrogens (primary N) is 1. The summed E-state index contributed by atoms with van der Waals surface area (Å²) >= 11 is 6.18. The second kappa shape index (κ2) is 10.4. The Morgan fingerprint density at radius 3 is 2.54 bits per heavy atom. The molecule has 2 atom stereocenters. The van der Waals surface area contributed by atoms with Crippen LogP contribution in [0.4, 0.5) is 0 Å². The number of hydrogen-bond donors (Lipinski definition) is 1. The van der Waals surface area contributed by atoms with E-state index in [0.29, 0.717) is 31.1 Å². The van der Waals surface area contributed by atoms with Gasteiger partial charge in [-0.25, -0.2) is 4.99 Å². The van der Waals surface area contributed by atoms with E-state index in [1.54, 1.807) is 4.90 Å². The molecule has 0 saturated carbocycles. The first kappa shape index (κ1) is 25.0. The number of aryl methyl sites for hydroxylation is 1. The molecule has 3 aromatic rings. The summed E-state index contributed by atoms with van der Waals surface area (Å²) in [5.41, 5.74) is 9.08. The van der Waals surface area contributed by atoms with E-state index in [0.717, 1.165) is 35.1 Å². The highest BCUT2D eigenvalue weighted by Crippen LogP contribution is 2.36. The summed E-state index contributed by atoms with van der Waals surface area (Å²) in [4.78, 5) is 34.5. The Balaban J connectivity index is 1.24. The van der Waals surface area contributed by atoms with Crippen molar-refractivity contribution in [2.24, 2.45) is 16.6 Å². The number of hydrogen-bond acceptors (Lipinski definition) is 4. The van der Waals surface area contributed by atoms with Crippen molar-refractivity contribution in [2.45, 2.75) is 31.7 Å². The van der Waals surface area contributed by atoms with Crippen LogP contribution in [0.2, 0.25) is 5.02 Å². The van der Waals surface area contributed by atoms with E-state index < -0.39 is 5.54 Å². The van der Waals surface area contributed by atoms with E-state index in [-0.39, 0.29) is 23.7 Å². The first-order chi connectivity index (χ1) is 17.8. The molecule has 1 unspecified atom stereocenters. The summed E-state index contributed by atoms with van der Waals surface area (Å²) in [5.74, 6) is 0.415. The minimum Gasteiger partial charge on any atom is -0.369 e. The van der Waals surface area contributed by atoms with Gasteiger partial charge >= 0.3 is 0 Å². The number of aliphatic imine (C=N–C) groups is 1. The molecular weight excluding hydrogens is 484 g/mol. The van der Waals surface area contributed by atoms with E-state index >= 15 is 0 Å². The van der Waals surface area contributed by atoms with Crippen LogP contribution in [0.1, 0.15) is 30.9 Å². The highest BCUT2D eigenvalue weighted by Gasteiger charge is 2.46. The Bertz CT molecular complexity index is 1340. The van der Waals surface area contributed by atoms with Crippen LogP contribution in [0.3, 0.4) is 0 Å². The lowest BCUT2D eigenvalue weighted by Crippen LogP contribution is -2.44. The number of benzene rings is 3. The summed E-state index contributed by atoms with van der Waals surface area (Å²) in [7, 11) is 0. The number of halogens is 1. The number of carbonyl (C=O) groups is 2. The summed E-state index contributed by atoms with van der Waals surface area (Å²) in [6, 6.07) is 25.5. The molecule has 1 fully saturated rings. The Kier molecular flexibility index (Phi) is 7.02. The van der Waals surface area contributed by atoms with Crippen LogP contribution in [0.5, 0.6) is 0 Å². The van der Waals surface area contributed by atoms with Gasteiger partial charge in [0.1, 0.15) is 0 Å². The zero-order valence-electron chi connectivity index (χ0n) is 20.9. The third-order valence-corrected chi connectivity index (χ3v) is 7.64. The normalized spacial score (nSPS) is 21.4. The van der Waals surface area contributed by atoms with E-state index in [4.69, 9.17) is 17.3 Å². The molecule has 190 valence electrons. The van der Waals surface area contributed by atoms with Crippen LogP contribution in [0.25, 0.3) is 11.1 Å². The molecule has 5 rings (SSSR count). The van der Waals surface area contributed by atoms with Crippen LogP contribution in [-0.4, -0.2) is 47.2 Å². The van der Waals surface area contributed by atoms with Crippen molar-refractivity contribution in [3.05, 3.63) is 95.0 Å². The highest BCUT2D eigenvalue weighted by molar-refractivity contribution is 6.30. The molecule has 0 spiro atoms. The zero-order chi connectivity index (χ0) is 26.0. The lowest BCUT2D eigenvalue weighted by Gasteiger charge is -2.25. The molecule has 0 radical (unpaired) electrons. The van der Waals surface area contributed by atoms with Crippen molar-refractivity contribution in [1.82, 2.24) is 9.80 Å². The lowest BCUT2D eigenvalue weighted by molar-refractivity contribution is -0.131. The zero-order valence-corrected chi connectivity index (χ0v) is 21.7. The van der Waals surface area contributed by atoms with Gasteiger partial charge in [-0.1, -0.05) is 72.3 Å². The maximum atomic E-state index is 13.6. The summed E-state index contributed by atoms with van der Waals surface area (Å²) in [6.45, 7) is 3.61. The van der Waals surface area contributed by atoms with E-state index in [2.05, 4.69) is 4.99 Å². The Morgan fingerprint density at radius 2 is 1.78 bits per heavy atom. The van der Waals surface area contributed by atoms with Crippen LogP contribution in [0, 0.1) is 5.92 Å². The van der Waals surface area contributed by atoms with Gasteiger partial charge in [-0.05, 0) is 66.1 Å². The van der Waals surface area contributed by atoms with Gasteiger partial charge in [-0.3, -0.25) is 14.5 Å². The molecule has 2 aliphatic heterocycles. The molecule has 0 aliphatic carbocycles. The van der Waals surface area contributed by atoms with Crippen molar-refractivity contribution in [1.29, 1.82) is 0 Å². The molecule has 2 aliphatic rings. The molecule has 7 heteroatoms. The van der Waals surface area contributed by atoms with Gasteiger partial charge in [0.2, 0.25) is 5.91 Å². The quantitative estimate of drug-likeness (QED) is 0.489. The van der Waals surface area contributed by atoms with Crippen LogP contribution < -0.4 is 5.73 Å². The second-order valence-electron chi connectivity index (χ2n) is 10.0. The van der Waals surface area contributed by atoms with Crippen molar-refractivity contribution in [3.63, 3.8) is 0 Å². The monoisotopic (exact) mass is 514 g/mol. The number of amides is 2. The SMILES string of the molecule is CC1(c2cccc(-c3cccc(Cl)c3)c2)N=C(N)N(C[C@@H]2CCN(C(=O)CCc3ccccc3)C2)C1=O. The Hall–Kier alpha value is -3.64. The molecule has 3 aromatic carbocycles. The number of likely N-dealkylation sites (tertiary alicyclic amines) is 1. The molecule has 2 amide bonds. The largest absolute Gasteiger partial charge is 0.369 e. The minimum atomic E-state index is -1.09. The van der Waals surface area contributed by atoms with E-state index in [1.807, 2.05) is 90.7 Å². The number of nitrogens with zero attached hydrogens (tertiary/aromatic N) is 3. The molecule has 1 saturated heterocycles. The van der Waals surface area contributed by atoms with Crippen LogP contribution in [-0.2, 0) is 21.5 Å². The van der Waals surface area contributed by atoms with Crippen molar-refractivity contribution in [2.75, 3.05) is 19.6 Å². The number of guanidine groups is 1. The summed E-state index contributed by atoms with van der Waals surface area (Å²) < 4.78 is 0. The average Bonchev–Trinajstić information content (AvgIpc) is 3.47. The number of carbonyl (C=O) groups excluding carboxylic acids is 2. The molecule has 0 aromatic heterocycles. The molecular formula is C30H31ClN4O2. The van der Waals surface area contributed by atoms with Crippen molar-refractivity contribution >= 4 is 29.4 Å². The fraction of sp³-hybridized carbons (Fsp3) is 0.300. The van der Waals surface area contributed by atoms with Gasteiger partial charge in [-0.15, -0.1) is 0 Å². The topological polar surface area (TPSA) is 79.0 Å². The van der Waals surface area contributed by atoms with Gasteiger partial charge in [-0.2, -0.15) is 0 Å². The molecule has 2 N–H and O–H groups in total. The Labute approximate surface area is 222 Å². The highest BCUT2D eigenvalue weighted by atomic mass is 35.5. The minimum absolute atomic E-state index is 0.137. The van der Waals surface area contributed by atoms with E-state index in [1.165, 1.54) is 0 Å². The number of rotatable bonds is 7. The summed E-state index contributed by atoms with van der Waals surface area (Å²) in [6.07, 6.45) is 2.07. The maximum Gasteiger partial charge on any atom is 0.261 e. The molecule has 2 heterocycles. The second-order valence-corrected chi connectivity index (χ2v) is 10.5. The fourth-order valence-corrected chi connectivity index (χ4v) is 5.45. The third kappa shape index (κ3) is 5.25. The first-order valence-corrected chi connectivity index (χ1v) is 13.1. The van der Waals surface area contributed by atoms with E-state index in [9.17, 15) is 9.59 Å². The average molecular weight is 515 g/mol. The Morgan fingerprint density at radius 1 is 1.05 bits per heavy atom. The predicted molar refractivity (Wildman–Crippen MR) is 147 cm³/mol. The van der Waals surface area contributed by atoms with Crippen molar-refractivity contribution < 1.29 is 9.59 Å². The summed E-state index contributed by atoms with van der Waals surface area (Å²) in [5, 5.41) is 0.656. The van der Waals surface area contributed by atoms with Gasteiger partial charge in [0.05, 0.1) is 0 Å². The molecule has 37 heavy (non-hydrogen) atoms. The van der Waals surface area contributed by atoms with Crippen LogP contribution in [0.15, 0.2) is 83.9 Å². The van der Waals surface area contributed by atoms with Crippen LogP contribution >= 0.6 is 11.6 Å². The third-order valence-electron chi connectivity index (χ3n) is 7.41. The van der Waals surface area contributed by atoms with Gasteiger partial charge in [0.15, 0.2) is 11.5 Å². The van der Waals surface area contributed by atoms with Gasteiger partial charge in [0, 0.05) is 31.1 Å². The first-order valence-electron chi connectivity index (χ1n) is 12.7. The lowest BCUT2D eigenvalue weighted by atomic mass is 9.89. The standard InChI is InChI=1S/C30H31ClN4O2/c1-30(25-11-5-9-23(17-25)24-10-6-12-26(31)18-24)28(37)35(29(32)33-30)20-22-15-16-34(19-22)27(36)14-13-21-7-3-2-4-8-21/h2-12,17-18,22H,13-16,19-20H2,1H3,(H2,32,33)/t22-,30?/m1/s1. The maximum absolute atomic E-state index is 13.6.